The van der Waals surface area contributed by atoms with Crippen molar-refractivity contribution in [2.24, 2.45) is 0 Å². The van der Waals surface area contributed by atoms with Crippen LogP contribution >= 0.6 is 0 Å². The molecule has 2 aliphatic rings. The Labute approximate surface area is 205 Å². The van der Waals surface area contributed by atoms with Crippen LogP contribution in [0.1, 0.15) is 45.0 Å². The van der Waals surface area contributed by atoms with Gasteiger partial charge in [0.1, 0.15) is 5.75 Å². The van der Waals surface area contributed by atoms with Crippen molar-refractivity contribution >= 4 is 28.6 Å². The number of methoxy groups -OCH3 is 1. The predicted molar refractivity (Wildman–Crippen MR) is 139 cm³/mol. The lowest BCUT2D eigenvalue weighted by atomic mass is 9.74. The van der Waals surface area contributed by atoms with Crippen LogP contribution in [0.4, 0.5) is 5.69 Å². The molecule has 0 saturated heterocycles. The number of hydrogen-bond donors (Lipinski definition) is 1. The van der Waals surface area contributed by atoms with E-state index in [1.807, 2.05) is 61.5 Å². The number of amides is 2. The average Bonchev–Trinajstić information content (AvgIpc) is 2.87. The molecular weight excluding hydrogens is 436 g/mol. The molecule has 3 aromatic carbocycles. The molecule has 2 unspecified atom stereocenters. The molecule has 0 saturated carbocycles. The summed E-state index contributed by atoms with van der Waals surface area (Å²) in [7, 11) is 3.37. The van der Waals surface area contributed by atoms with Crippen molar-refractivity contribution in [1.29, 1.82) is 0 Å². The van der Waals surface area contributed by atoms with Crippen LogP contribution in [-0.4, -0.2) is 36.9 Å². The number of aryl methyl sites for hydroxylation is 1. The third-order valence-corrected chi connectivity index (χ3v) is 6.98. The molecule has 0 bridgehead atoms. The Morgan fingerprint density at radius 1 is 1.03 bits per heavy atom. The van der Waals surface area contributed by atoms with Crippen molar-refractivity contribution in [1.82, 2.24) is 4.90 Å². The molecule has 176 valence electrons. The van der Waals surface area contributed by atoms with Gasteiger partial charge in [0.05, 0.1) is 24.8 Å². The minimum absolute atomic E-state index is 0.0921. The summed E-state index contributed by atoms with van der Waals surface area (Å²) in [6, 6.07) is 20.7. The predicted octanol–water partition coefficient (Wildman–Crippen LogP) is 5.68. The third kappa shape index (κ3) is 3.83. The normalized spacial score (nSPS) is 18.9. The van der Waals surface area contributed by atoms with Gasteiger partial charge in [0.2, 0.25) is 5.91 Å². The number of fused-ring (bicyclic) bond motifs is 2. The Bertz CT molecular complexity index is 1390. The van der Waals surface area contributed by atoms with E-state index in [9.17, 15) is 9.59 Å². The molecule has 1 N–H and O–H groups in total. The number of ether oxygens (including phenoxy) is 1. The molecule has 2 amide bonds. The summed E-state index contributed by atoms with van der Waals surface area (Å²) >= 11 is 0. The molecule has 3 aromatic rings. The first-order valence-electron chi connectivity index (χ1n) is 11.7. The van der Waals surface area contributed by atoms with Gasteiger partial charge in [-0.3, -0.25) is 9.59 Å². The minimum Gasteiger partial charge on any atom is -0.495 e. The summed E-state index contributed by atoms with van der Waals surface area (Å²) in [6.45, 7) is 6.19. The summed E-state index contributed by atoms with van der Waals surface area (Å²) in [4.78, 5) is 29.2. The van der Waals surface area contributed by atoms with Gasteiger partial charge >= 0.3 is 0 Å². The zero-order valence-electron chi connectivity index (χ0n) is 20.2. The highest BCUT2D eigenvalue weighted by Crippen LogP contribution is 2.44. The van der Waals surface area contributed by atoms with Crippen LogP contribution < -0.4 is 10.1 Å². The Morgan fingerprint density at radius 3 is 2.46 bits per heavy atom. The Hall–Kier alpha value is -4.12. The number of allylic oxidation sites excluding steroid dienone is 2. The quantitative estimate of drug-likeness (QED) is 0.540. The molecule has 1 aliphatic heterocycles. The van der Waals surface area contributed by atoms with Crippen LogP contribution in [-0.2, 0) is 4.79 Å². The highest BCUT2D eigenvalue weighted by Gasteiger charge is 2.44. The van der Waals surface area contributed by atoms with Gasteiger partial charge in [0.25, 0.3) is 5.91 Å². The van der Waals surface area contributed by atoms with E-state index in [0.717, 1.165) is 33.4 Å². The summed E-state index contributed by atoms with van der Waals surface area (Å²) < 4.78 is 5.50. The lowest BCUT2D eigenvalue weighted by Crippen LogP contribution is -2.50. The van der Waals surface area contributed by atoms with E-state index in [1.54, 1.807) is 25.1 Å². The molecule has 5 heteroatoms. The fraction of sp³-hybridized carbons (Fsp3) is 0.200. The van der Waals surface area contributed by atoms with Crippen molar-refractivity contribution in [2.45, 2.75) is 25.3 Å². The lowest BCUT2D eigenvalue weighted by molar-refractivity contribution is -0.118. The van der Waals surface area contributed by atoms with Gasteiger partial charge in [-0.05, 0) is 64.9 Å². The van der Waals surface area contributed by atoms with Gasteiger partial charge in [-0.25, -0.2) is 0 Å². The molecule has 0 radical (unpaired) electrons. The maximum Gasteiger partial charge on any atom is 0.254 e. The molecule has 1 heterocycles. The number of hydrogen-bond acceptors (Lipinski definition) is 3. The number of nitrogens with one attached hydrogen (secondary N) is 1. The van der Waals surface area contributed by atoms with Gasteiger partial charge in [0, 0.05) is 12.6 Å². The molecule has 5 rings (SSSR count). The second kappa shape index (κ2) is 8.91. The van der Waals surface area contributed by atoms with Gasteiger partial charge in [0.15, 0.2) is 0 Å². The molecule has 0 spiro atoms. The molecule has 0 aromatic heterocycles. The first-order valence-corrected chi connectivity index (χ1v) is 11.7. The van der Waals surface area contributed by atoms with Gasteiger partial charge < -0.3 is 15.0 Å². The van der Waals surface area contributed by atoms with Crippen molar-refractivity contribution < 1.29 is 14.3 Å². The largest absolute Gasteiger partial charge is 0.495 e. The van der Waals surface area contributed by atoms with Gasteiger partial charge in [-0.2, -0.15) is 0 Å². The summed E-state index contributed by atoms with van der Waals surface area (Å²) in [5, 5.41) is 3.10. The van der Waals surface area contributed by atoms with Gasteiger partial charge in [-0.1, -0.05) is 61.2 Å². The van der Waals surface area contributed by atoms with E-state index in [1.165, 1.54) is 0 Å². The maximum absolute atomic E-state index is 14.0. The second-order valence-electron chi connectivity index (χ2n) is 9.13. The van der Waals surface area contributed by atoms with Crippen molar-refractivity contribution in [3.05, 3.63) is 107 Å². The van der Waals surface area contributed by atoms with Crippen molar-refractivity contribution in [3.63, 3.8) is 0 Å². The van der Waals surface area contributed by atoms with E-state index >= 15 is 0 Å². The zero-order valence-corrected chi connectivity index (χ0v) is 20.2. The monoisotopic (exact) mass is 464 g/mol. The Balaban J connectivity index is 1.65. The fourth-order valence-corrected chi connectivity index (χ4v) is 5.25. The topological polar surface area (TPSA) is 58.6 Å². The molecule has 1 aliphatic carbocycles. The number of benzene rings is 3. The molecule has 35 heavy (non-hydrogen) atoms. The van der Waals surface area contributed by atoms with Crippen molar-refractivity contribution in [3.8, 4) is 5.75 Å². The van der Waals surface area contributed by atoms with E-state index in [2.05, 4.69) is 24.0 Å². The number of anilines is 1. The van der Waals surface area contributed by atoms with Crippen LogP contribution in [0.25, 0.3) is 11.1 Å². The SMILES string of the molecule is C=C1CC=C(C2C(C(=O)Nc3cc(C)ccc3OC)c3ccccc3C(=O)N2C)c2ccccc21. The molecule has 5 nitrogen and oxygen atoms in total. The van der Waals surface area contributed by atoms with E-state index in [0.29, 0.717) is 23.4 Å². The minimum atomic E-state index is -0.607. The highest BCUT2D eigenvalue weighted by molar-refractivity contribution is 6.07. The van der Waals surface area contributed by atoms with Crippen LogP contribution in [0.2, 0.25) is 0 Å². The standard InChI is InChI=1S/C30H28N2O3/c1-18-13-16-26(35-4)25(17-18)31-29(33)27-22-11-7-8-12-24(22)30(34)32(3)28(27)23-15-14-19(2)20-9-5-6-10-21(20)23/h5-13,15-17,27-28H,2,14H2,1,3-4H3,(H,31,33). The van der Waals surface area contributed by atoms with Crippen LogP contribution in [0.3, 0.4) is 0 Å². The molecule has 0 fully saturated rings. The number of carbonyl (C=O) groups is 2. The third-order valence-electron chi connectivity index (χ3n) is 6.98. The number of carbonyl (C=O) groups excluding carboxylic acids is 2. The maximum atomic E-state index is 14.0. The number of rotatable bonds is 4. The van der Waals surface area contributed by atoms with E-state index < -0.39 is 12.0 Å². The van der Waals surface area contributed by atoms with E-state index in [4.69, 9.17) is 4.74 Å². The smallest absolute Gasteiger partial charge is 0.254 e. The first kappa shape index (κ1) is 22.7. The van der Waals surface area contributed by atoms with Gasteiger partial charge in [-0.15, -0.1) is 0 Å². The van der Waals surface area contributed by atoms with Crippen LogP contribution in [0.5, 0.6) is 5.75 Å². The van der Waals surface area contributed by atoms with E-state index in [-0.39, 0.29) is 11.8 Å². The van der Waals surface area contributed by atoms with Crippen LogP contribution in [0.15, 0.2) is 79.4 Å². The van der Waals surface area contributed by atoms with Crippen molar-refractivity contribution in [2.75, 3.05) is 19.5 Å². The molecule has 2 atom stereocenters. The summed E-state index contributed by atoms with van der Waals surface area (Å²) in [6.07, 6.45) is 2.78. The fourth-order valence-electron chi connectivity index (χ4n) is 5.25. The Morgan fingerprint density at radius 2 is 1.71 bits per heavy atom. The first-order chi connectivity index (χ1) is 16.9. The zero-order chi connectivity index (χ0) is 24.7. The Kier molecular flexibility index (Phi) is 5.77. The average molecular weight is 465 g/mol. The highest BCUT2D eigenvalue weighted by atomic mass is 16.5. The molecular formula is C30H28N2O3. The summed E-state index contributed by atoms with van der Waals surface area (Å²) in [5.41, 5.74) is 6.97. The number of likely N-dealkylation sites (N-methyl/N-ethyl adjacent to an activating group) is 1. The lowest BCUT2D eigenvalue weighted by Gasteiger charge is -2.42. The van der Waals surface area contributed by atoms with Crippen LogP contribution in [0, 0.1) is 6.92 Å². The second-order valence-corrected chi connectivity index (χ2v) is 9.13. The summed E-state index contributed by atoms with van der Waals surface area (Å²) in [5.74, 6) is -0.295. The number of nitrogens with zero attached hydrogens (tertiary/aromatic N) is 1.